The van der Waals surface area contributed by atoms with Crippen molar-refractivity contribution in [2.24, 2.45) is 0 Å². The molecule has 0 fully saturated rings. The summed E-state index contributed by atoms with van der Waals surface area (Å²) in [5.74, 6) is 0.668. The standard InChI is InChI=1S/C23H22N2O4/c1-28-20-13-8-17(15-21(20)29-2)23(27)25-19-11-9-18(10-12-19)24-22(26)14-16-6-4-3-5-7-16/h3-13,15H,14H2,1-2H3,(H,24,26)(H,25,27). The summed E-state index contributed by atoms with van der Waals surface area (Å²) in [7, 11) is 3.06. The molecule has 2 amide bonds. The molecule has 0 aliphatic rings. The van der Waals surface area contributed by atoms with Crippen LogP contribution in [0.1, 0.15) is 15.9 Å². The van der Waals surface area contributed by atoms with Crippen LogP contribution in [-0.2, 0) is 11.2 Å². The van der Waals surface area contributed by atoms with Gasteiger partial charge < -0.3 is 20.1 Å². The van der Waals surface area contributed by atoms with Gasteiger partial charge >= 0.3 is 0 Å². The van der Waals surface area contributed by atoms with Crippen molar-refractivity contribution < 1.29 is 19.1 Å². The van der Waals surface area contributed by atoms with E-state index in [0.717, 1.165) is 5.56 Å². The highest BCUT2D eigenvalue weighted by molar-refractivity contribution is 6.04. The van der Waals surface area contributed by atoms with Crippen molar-refractivity contribution in [2.45, 2.75) is 6.42 Å². The van der Waals surface area contributed by atoms with Crippen molar-refractivity contribution in [3.8, 4) is 11.5 Å². The van der Waals surface area contributed by atoms with E-state index >= 15 is 0 Å². The van der Waals surface area contributed by atoms with Crippen LogP contribution in [0.5, 0.6) is 11.5 Å². The number of nitrogens with one attached hydrogen (secondary N) is 2. The number of rotatable bonds is 7. The van der Waals surface area contributed by atoms with Gasteiger partial charge in [-0.05, 0) is 48.0 Å². The molecule has 148 valence electrons. The molecule has 0 aromatic heterocycles. The molecule has 0 radical (unpaired) electrons. The molecule has 0 aliphatic heterocycles. The monoisotopic (exact) mass is 390 g/mol. The highest BCUT2D eigenvalue weighted by atomic mass is 16.5. The molecule has 3 aromatic rings. The molecule has 2 N–H and O–H groups in total. The van der Waals surface area contributed by atoms with Gasteiger partial charge in [0, 0.05) is 16.9 Å². The van der Waals surface area contributed by atoms with E-state index in [1.165, 1.54) is 14.2 Å². The summed E-state index contributed by atoms with van der Waals surface area (Å²) in [6.45, 7) is 0. The zero-order chi connectivity index (χ0) is 20.6. The van der Waals surface area contributed by atoms with Crippen LogP contribution in [-0.4, -0.2) is 26.0 Å². The topological polar surface area (TPSA) is 76.7 Å². The van der Waals surface area contributed by atoms with Gasteiger partial charge in [0.05, 0.1) is 20.6 Å². The third-order valence-electron chi connectivity index (χ3n) is 4.28. The SMILES string of the molecule is COc1ccc(C(=O)Nc2ccc(NC(=O)Cc3ccccc3)cc2)cc1OC. The van der Waals surface area contributed by atoms with Gasteiger partial charge in [0.25, 0.3) is 5.91 Å². The van der Waals surface area contributed by atoms with Crippen LogP contribution in [0.3, 0.4) is 0 Å². The zero-order valence-corrected chi connectivity index (χ0v) is 16.3. The molecule has 6 nitrogen and oxygen atoms in total. The summed E-state index contributed by atoms with van der Waals surface area (Å²) in [5, 5.41) is 5.67. The fourth-order valence-corrected chi connectivity index (χ4v) is 2.80. The maximum Gasteiger partial charge on any atom is 0.255 e. The minimum absolute atomic E-state index is 0.0988. The normalized spacial score (nSPS) is 10.1. The first kappa shape index (κ1) is 19.9. The molecule has 0 saturated heterocycles. The Morgan fingerprint density at radius 1 is 0.759 bits per heavy atom. The molecule has 29 heavy (non-hydrogen) atoms. The van der Waals surface area contributed by atoms with E-state index in [4.69, 9.17) is 9.47 Å². The van der Waals surface area contributed by atoms with E-state index in [2.05, 4.69) is 10.6 Å². The molecule has 0 atom stereocenters. The number of hydrogen-bond acceptors (Lipinski definition) is 4. The second kappa shape index (κ2) is 9.41. The molecular formula is C23H22N2O4. The van der Waals surface area contributed by atoms with Crippen LogP contribution in [0.2, 0.25) is 0 Å². The first-order valence-electron chi connectivity index (χ1n) is 9.06. The average molecular weight is 390 g/mol. The molecule has 0 unspecified atom stereocenters. The Morgan fingerprint density at radius 2 is 1.38 bits per heavy atom. The second-order valence-electron chi connectivity index (χ2n) is 6.31. The number of benzene rings is 3. The maximum absolute atomic E-state index is 12.5. The summed E-state index contributed by atoms with van der Waals surface area (Å²) in [6.07, 6.45) is 0.304. The summed E-state index contributed by atoms with van der Waals surface area (Å²) in [4.78, 5) is 24.6. The number of amides is 2. The third kappa shape index (κ3) is 5.35. The largest absolute Gasteiger partial charge is 0.493 e. The van der Waals surface area contributed by atoms with E-state index in [1.807, 2.05) is 30.3 Å². The van der Waals surface area contributed by atoms with E-state index in [-0.39, 0.29) is 11.8 Å². The fraction of sp³-hybridized carbons (Fsp3) is 0.130. The van der Waals surface area contributed by atoms with Gasteiger partial charge in [0.2, 0.25) is 5.91 Å². The van der Waals surface area contributed by atoms with Gasteiger partial charge in [0.15, 0.2) is 11.5 Å². The molecule has 0 aliphatic carbocycles. The van der Waals surface area contributed by atoms with Crippen LogP contribution in [0.4, 0.5) is 11.4 Å². The Morgan fingerprint density at radius 3 is 2.00 bits per heavy atom. The molecule has 3 rings (SSSR count). The number of hydrogen-bond donors (Lipinski definition) is 2. The Kier molecular flexibility index (Phi) is 6.47. The van der Waals surface area contributed by atoms with E-state index in [9.17, 15) is 9.59 Å². The van der Waals surface area contributed by atoms with Gasteiger partial charge in [-0.3, -0.25) is 9.59 Å². The number of carbonyl (C=O) groups excluding carboxylic acids is 2. The predicted molar refractivity (Wildman–Crippen MR) is 113 cm³/mol. The highest BCUT2D eigenvalue weighted by Crippen LogP contribution is 2.28. The Bertz CT molecular complexity index is 986. The molecule has 6 heteroatoms. The van der Waals surface area contributed by atoms with Gasteiger partial charge in [-0.25, -0.2) is 0 Å². The van der Waals surface area contributed by atoms with Crippen molar-refractivity contribution in [3.05, 3.63) is 83.9 Å². The van der Waals surface area contributed by atoms with Crippen molar-refractivity contribution in [1.82, 2.24) is 0 Å². The van der Waals surface area contributed by atoms with Crippen molar-refractivity contribution >= 4 is 23.2 Å². The molecule has 0 bridgehead atoms. The van der Waals surface area contributed by atoms with E-state index in [1.54, 1.807) is 42.5 Å². The zero-order valence-electron chi connectivity index (χ0n) is 16.3. The minimum Gasteiger partial charge on any atom is -0.493 e. The summed E-state index contributed by atoms with van der Waals surface area (Å²) in [5.41, 5.74) is 2.67. The molecular weight excluding hydrogens is 368 g/mol. The van der Waals surface area contributed by atoms with Crippen LogP contribution < -0.4 is 20.1 Å². The summed E-state index contributed by atoms with van der Waals surface area (Å²) >= 11 is 0. The lowest BCUT2D eigenvalue weighted by Crippen LogP contribution is -2.15. The van der Waals surface area contributed by atoms with Gasteiger partial charge in [-0.15, -0.1) is 0 Å². The molecule has 0 saturated carbocycles. The first-order chi connectivity index (χ1) is 14.1. The van der Waals surface area contributed by atoms with Crippen molar-refractivity contribution in [3.63, 3.8) is 0 Å². The predicted octanol–water partition coefficient (Wildman–Crippen LogP) is 4.14. The number of methoxy groups -OCH3 is 2. The number of anilines is 2. The smallest absolute Gasteiger partial charge is 0.255 e. The highest BCUT2D eigenvalue weighted by Gasteiger charge is 2.11. The van der Waals surface area contributed by atoms with Crippen LogP contribution >= 0.6 is 0 Å². The van der Waals surface area contributed by atoms with Crippen molar-refractivity contribution in [1.29, 1.82) is 0 Å². The quantitative estimate of drug-likeness (QED) is 0.636. The van der Waals surface area contributed by atoms with Crippen LogP contribution in [0.15, 0.2) is 72.8 Å². The lowest BCUT2D eigenvalue weighted by Gasteiger charge is -2.11. The number of carbonyl (C=O) groups is 2. The summed E-state index contributed by atoms with van der Waals surface area (Å²) < 4.78 is 10.4. The maximum atomic E-state index is 12.5. The van der Waals surface area contributed by atoms with Crippen LogP contribution in [0.25, 0.3) is 0 Å². The van der Waals surface area contributed by atoms with Crippen molar-refractivity contribution in [2.75, 3.05) is 24.9 Å². The van der Waals surface area contributed by atoms with E-state index in [0.29, 0.717) is 34.9 Å². The Hall–Kier alpha value is -3.80. The van der Waals surface area contributed by atoms with Gasteiger partial charge in [0.1, 0.15) is 0 Å². The molecule has 3 aromatic carbocycles. The van der Waals surface area contributed by atoms with Gasteiger partial charge in [-0.2, -0.15) is 0 Å². The number of ether oxygens (including phenoxy) is 2. The van der Waals surface area contributed by atoms with Gasteiger partial charge in [-0.1, -0.05) is 30.3 Å². The molecule has 0 spiro atoms. The van der Waals surface area contributed by atoms with E-state index < -0.39 is 0 Å². The lowest BCUT2D eigenvalue weighted by molar-refractivity contribution is -0.115. The minimum atomic E-state index is -0.271. The average Bonchev–Trinajstić information content (AvgIpc) is 2.75. The lowest BCUT2D eigenvalue weighted by atomic mass is 10.1. The second-order valence-corrected chi connectivity index (χ2v) is 6.31. The summed E-state index contributed by atoms with van der Waals surface area (Å²) in [6, 6.07) is 21.4. The first-order valence-corrected chi connectivity index (χ1v) is 9.06. The Labute approximate surface area is 169 Å². The Balaban J connectivity index is 1.60. The fourth-order valence-electron chi connectivity index (χ4n) is 2.80. The van der Waals surface area contributed by atoms with Crippen LogP contribution in [0, 0.1) is 0 Å². The molecule has 0 heterocycles. The third-order valence-corrected chi connectivity index (χ3v) is 4.28.